The van der Waals surface area contributed by atoms with Crippen LogP contribution >= 0.6 is 22.9 Å². The van der Waals surface area contributed by atoms with Gasteiger partial charge in [-0.05, 0) is 58.0 Å². The Hall–Kier alpha value is -3.30. The summed E-state index contributed by atoms with van der Waals surface area (Å²) in [5, 5.41) is 6.90. The monoisotopic (exact) mass is 487 g/mol. The van der Waals surface area contributed by atoms with Crippen molar-refractivity contribution in [1.29, 1.82) is 0 Å². The van der Waals surface area contributed by atoms with Gasteiger partial charge in [-0.15, -0.1) is 11.3 Å². The molecule has 0 bridgehead atoms. The Morgan fingerprint density at radius 2 is 1.97 bits per heavy atom. The molecule has 10 heteroatoms. The van der Waals surface area contributed by atoms with Crippen LogP contribution in [-0.2, 0) is 9.53 Å². The Morgan fingerprint density at radius 3 is 2.64 bits per heavy atom. The number of fused-ring (bicyclic) bond motifs is 1. The summed E-state index contributed by atoms with van der Waals surface area (Å²) in [5.41, 5.74) is 2.50. The number of hydrogen-bond donors (Lipinski definition) is 1. The lowest BCUT2D eigenvalue weighted by atomic mass is 10.1. The molecule has 0 aliphatic rings. The molecule has 4 aromatic rings. The maximum Gasteiger partial charge on any atom is 0.339 e. The van der Waals surface area contributed by atoms with Crippen molar-refractivity contribution in [2.24, 2.45) is 0 Å². The van der Waals surface area contributed by atoms with Crippen LogP contribution in [0.1, 0.15) is 32.7 Å². The standard InChI is InChI=1S/C23H19ClFN3O4S/c1-10-7-15(13(4)33-10)19-9-16(20-11(2)28-32-22(20)27-19)23(30)31-12(3)21(29)26-18-6-5-14(25)8-17(18)24/h5-9,12H,1-4H3,(H,26,29). The normalized spacial score (nSPS) is 12.1. The fourth-order valence-electron chi connectivity index (χ4n) is 3.38. The number of benzene rings is 1. The van der Waals surface area contributed by atoms with Crippen molar-refractivity contribution in [1.82, 2.24) is 10.1 Å². The number of carbonyl (C=O) groups is 2. The number of thiophene rings is 1. The van der Waals surface area contributed by atoms with Crippen LogP contribution in [0.5, 0.6) is 0 Å². The molecule has 170 valence electrons. The summed E-state index contributed by atoms with van der Waals surface area (Å²) in [6.07, 6.45) is -1.16. The van der Waals surface area contributed by atoms with Crippen LogP contribution in [-0.4, -0.2) is 28.1 Å². The predicted molar refractivity (Wildman–Crippen MR) is 124 cm³/mol. The molecule has 0 spiro atoms. The minimum Gasteiger partial charge on any atom is -0.449 e. The summed E-state index contributed by atoms with van der Waals surface area (Å²) < 4.78 is 24.0. The first kappa shape index (κ1) is 22.9. The molecular formula is C23H19ClFN3O4S. The van der Waals surface area contributed by atoms with E-state index in [-0.39, 0.29) is 22.0 Å². The highest BCUT2D eigenvalue weighted by molar-refractivity contribution is 7.12. The number of nitrogens with one attached hydrogen (secondary N) is 1. The molecule has 1 aromatic carbocycles. The summed E-state index contributed by atoms with van der Waals surface area (Å²) >= 11 is 7.57. The molecule has 1 amide bonds. The van der Waals surface area contributed by atoms with Crippen LogP contribution in [0, 0.1) is 26.6 Å². The van der Waals surface area contributed by atoms with Crippen LogP contribution in [0.2, 0.25) is 5.02 Å². The molecular weight excluding hydrogens is 469 g/mol. The Morgan fingerprint density at radius 1 is 1.21 bits per heavy atom. The number of carbonyl (C=O) groups excluding carboxylic acids is 2. The van der Waals surface area contributed by atoms with Crippen molar-refractivity contribution in [2.75, 3.05) is 5.32 Å². The van der Waals surface area contributed by atoms with E-state index in [1.54, 1.807) is 24.3 Å². The molecule has 0 fully saturated rings. The van der Waals surface area contributed by atoms with Gasteiger partial charge in [0, 0.05) is 15.3 Å². The molecule has 0 saturated carbocycles. The molecule has 1 N–H and O–H groups in total. The fourth-order valence-corrected chi connectivity index (χ4v) is 4.53. The molecule has 0 radical (unpaired) electrons. The summed E-state index contributed by atoms with van der Waals surface area (Å²) in [4.78, 5) is 32.3. The SMILES string of the molecule is Cc1cc(-c2cc(C(=O)OC(C)C(=O)Nc3ccc(F)cc3Cl)c3c(C)noc3n2)c(C)s1. The number of hydrogen-bond acceptors (Lipinski definition) is 7. The third-order valence-corrected chi connectivity index (χ3v) is 6.27. The molecule has 0 aliphatic carbocycles. The first-order chi connectivity index (χ1) is 15.6. The van der Waals surface area contributed by atoms with Crippen LogP contribution in [0.15, 0.2) is 34.9 Å². The molecule has 1 unspecified atom stereocenters. The number of nitrogens with zero attached hydrogens (tertiary/aromatic N) is 2. The van der Waals surface area contributed by atoms with E-state index in [1.807, 2.05) is 19.9 Å². The first-order valence-electron chi connectivity index (χ1n) is 9.95. The topological polar surface area (TPSA) is 94.3 Å². The lowest BCUT2D eigenvalue weighted by molar-refractivity contribution is -0.123. The van der Waals surface area contributed by atoms with Gasteiger partial charge in [0.05, 0.1) is 33.0 Å². The molecule has 1 atom stereocenters. The minimum atomic E-state index is -1.16. The van der Waals surface area contributed by atoms with Crippen molar-refractivity contribution in [3.05, 3.63) is 62.2 Å². The Kier molecular flexibility index (Phi) is 6.18. The van der Waals surface area contributed by atoms with Gasteiger partial charge in [-0.2, -0.15) is 0 Å². The lowest BCUT2D eigenvalue weighted by Gasteiger charge is -2.15. The zero-order valence-electron chi connectivity index (χ0n) is 18.2. The Bertz CT molecular complexity index is 1400. The molecule has 3 aromatic heterocycles. The van der Waals surface area contributed by atoms with Crippen LogP contribution in [0.25, 0.3) is 22.4 Å². The van der Waals surface area contributed by atoms with Gasteiger partial charge >= 0.3 is 5.97 Å². The molecule has 7 nitrogen and oxygen atoms in total. The number of rotatable bonds is 5. The smallest absolute Gasteiger partial charge is 0.339 e. The highest BCUT2D eigenvalue weighted by Gasteiger charge is 2.25. The minimum absolute atomic E-state index is 0.0314. The second-order valence-corrected chi connectivity index (χ2v) is 9.36. The van der Waals surface area contributed by atoms with Crippen molar-refractivity contribution < 1.29 is 23.2 Å². The Balaban J connectivity index is 1.62. The van der Waals surface area contributed by atoms with Crippen molar-refractivity contribution in [2.45, 2.75) is 33.8 Å². The van der Waals surface area contributed by atoms with E-state index in [0.717, 1.165) is 27.5 Å². The molecule has 4 rings (SSSR count). The molecule has 0 saturated heterocycles. The molecule has 0 aliphatic heterocycles. The van der Waals surface area contributed by atoms with Gasteiger partial charge in [0.2, 0.25) is 0 Å². The largest absolute Gasteiger partial charge is 0.449 e. The van der Waals surface area contributed by atoms with E-state index in [0.29, 0.717) is 16.8 Å². The first-order valence-corrected chi connectivity index (χ1v) is 11.1. The average Bonchev–Trinajstić information content (AvgIpc) is 3.30. The molecule has 3 heterocycles. The number of aromatic nitrogens is 2. The van der Waals surface area contributed by atoms with Crippen LogP contribution in [0.4, 0.5) is 10.1 Å². The number of esters is 1. The van der Waals surface area contributed by atoms with E-state index in [9.17, 15) is 14.0 Å². The van der Waals surface area contributed by atoms with Crippen molar-refractivity contribution in [3.63, 3.8) is 0 Å². The highest BCUT2D eigenvalue weighted by atomic mass is 35.5. The van der Waals surface area contributed by atoms with Gasteiger partial charge in [0.1, 0.15) is 5.82 Å². The van der Waals surface area contributed by atoms with Crippen LogP contribution in [0.3, 0.4) is 0 Å². The number of pyridine rings is 1. The summed E-state index contributed by atoms with van der Waals surface area (Å²) in [6.45, 7) is 7.07. The van der Waals surface area contributed by atoms with E-state index in [2.05, 4.69) is 15.5 Å². The maximum atomic E-state index is 13.2. The van der Waals surface area contributed by atoms with Crippen molar-refractivity contribution >= 4 is 51.6 Å². The van der Waals surface area contributed by atoms with Gasteiger partial charge in [-0.1, -0.05) is 16.8 Å². The van der Waals surface area contributed by atoms with Gasteiger partial charge in [0.25, 0.3) is 11.6 Å². The predicted octanol–water partition coefficient (Wildman–Crippen LogP) is 5.85. The Labute approximate surface area is 197 Å². The second kappa shape index (κ2) is 8.92. The number of halogens is 2. The second-order valence-electron chi connectivity index (χ2n) is 7.49. The van der Waals surface area contributed by atoms with E-state index >= 15 is 0 Å². The van der Waals surface area contributed by atoms with Gasteiger partial charge in [-0.3, -0.25) is 4.79 Å². The zero-order valence-corrected chi connectivity index (χ0v) is 19.7. The third-order valence-electron chi connectivity index (χ3n) is 5.00. The maximum absolute atomic E-state index is 13.2. The highest BCUT2D eigenvalue weighted by Crippen LogP contribution is 2.33. The number of amides is 1. The number of anilines is 1. The number of ether oxygens (including phenoxy) is 1. The fraction of sp³-hybridized carbons (Fsp3) is 0.217. The molecule has 33 heavy (non-hydrogen) atoms. The summed E-state index contributed by atoms with van der Waals surface area (Å²) in [5.74, 6) is -1.88. The van der Waals surface area contributed by atoms with Gasteiger partial charge < -0.3 is 14.6 Å². The van der Waals surface area contributed by atoms with Crippen LogP contribution < -0.4 is 5.32 Å². The van der Waals surface area contributed by atoms with Gasteiger partial charge in [0.15, 0.2) is 6.10 Å². The van der Waals surface area contributed by atoms with E-state index < -0.39 is 23.8 Å². The third kappa shape index (κ3) is 4.60. The zero-order chi connectivity index (χ0) is 23.9. The number of aryl methyl sites for hydroxylation is 3. The lowest BCUT2D eigenvalue weighted by Crippen LogP contribution is -2.30. The average molecular weight is 488 g/mol. The van der Waals surface area contributed by atoms with E-state index in [1.165, 1.54) is 13.0 Å². The quantitative estimate of drug-likeness (QED) is 0.355. The summed E-state index contributed by atoms with van der Waals surface area (Å²) in [7, 11) is 0. The van der Waals surface area contributed by atoms with E-state index in [4.69, 9.17) is 20.9 Å². The summed E-state index contributed by atoms with van der Waals surface area (Å²) in [6, 6.07) is 7.16. The van der Waals surface area contributed by atoms with Gasteiger partial charge in [-0.25, -0.2) is 14.2 Å². The van der Waals surface area contributed by atoms with Crippen molar-refractivity contribution in [3.8, 4) is 11.3 Å².